The largest absolute Gasteiger partial charge is 0.324 e. The predicted octanol–water partition coefficient (Wildman–Crippen LogP) is 5.44. The normalized spacial score (nSPS) is 11.2. The number of amides is 1. The Hall–Kier alpha value is -2.88. The maximum Gasteiger partial charge on any atom is 0.246 e. The van der Waals surface area contributed by atoms with E-state index >= 15 is 0 Å². The molecule has 1 N–H and O–H groups in total. The van der Waals surface area contributed by atoms with Crippen LogP contribution in [0.3, 0.4) is 0 Å². The van der Waals surface area contributed by atoms with E-state index in [1.54, 1.807) is 4.68 Å². The Morgan fingerprint density at radius 2 is 1.56 bits per heavy atom. The fraction of sp³-hybridized carbons (Fsp3) is 0.304. The molecule has 1 heterocycles. The van der Waals surface area contributed by atoms with E-state index in [1.165, 1.54) is 11.1 Å². The van der Waals surface area contributed by atoms with Crippen molar-refractivity contribution in [3.05, 3.63) is 71.9 Å². The molecule has 1 aromatic heterocycles. The lowest BCUT2D eigenvalue weighted by Crippen LogP contribution is -2.21. The van der Waals surface area contributed by atoms with Crippen LogP contribution in [0.25, 0.3) is 11.3 Å². The molecule has 2 aromatic carbocycles. The maximum atomic E-state index is 12.7. The highest BCUT2D eigenvalue weighted by Gasteiger charge is 2.16. The summed E-state index contributed by atoms with van der Waals surface area (Å²) >= 11 is 0. The third kappa shape index (κ3) is 4.45. The van der Waals surface area contributed by atoms with Gasteiger partial charge in [-0.05, 0) is 29.0 Å². The number of benzene rings is 2. The molecule has 1 amide bonds. The molecule has 3 rings (SSSR count). The molecule has 0 aliphatic rings. The first-order chi connectivity index (χ1) is 13.0. The molecule has 0 aliphatic carbocycles. The summed E-state index contributed by atoms with van der Waals surface area (Å²) in [5.41, 5.74) is 5.20. The zero-order valence-corrected chi connectivity index (χ0v) is 16.4. The number of nitrogens with zero attached hydrogens (tertiary/aromatic N) is 2. The Morgan fingerprint density at radius 1 is 0.926 bits per heavy atom. The Kier molecular flexibility index (Phi) is 5.75. The first kappa shape index (κ1) is 18.9. The lowest BCUT2D eigenvalue weighted by molar-refractivity contribution is -0.116. The maximum absolute atomic E-state index is 12.7. The van der Waals surface area contributed by atoms with Crippen LogP contribution in [-0.4, -0.2) is 15.7 Å². The monoisotopic (exact) mass is 361 g/mol. The molecule has 0 aliphatic heterocycles. The minimum atomic E-state index is -0.0623. The van der Waals surface area contributed by atoms with Crippen LogP contribution in [0.4, 0.5) is 5.69 Å². The fourth-order valence-corrected chi connectivity index (χ4v) is 3.23. The van der Waals surface area contributed by atoms with Crippen molar-refractivity contribution in [2.24, 2.45) is 0 Å². The van der Waals surface area contributed by atoms with Crippen molar-refractivity contribution in [1.29, 1.82) is 0 Å². The number of para-hydroxylation sites is 1. The molecule has 0 spiro atoms. The van der Waals surface area contributed by atoms with Gasteiger partial charge in [0.25, 0.3) is 0 Å². The van der Waals surface area contributed by atoms with Crippen LogP contribution in [0.2, 0.25) is 0 Å². The number of hydrogen-bond acceptors (Lipinski definition) is 2. The standard InChI is InChI=1S/C23H27N3O/c1-16(2)19-11-8-12-20(17(3)4)23(19)24-22(27)15-26-14-13-21(25-26)18-9-6-5-7-10-18/h5-14,16-17H,15H2,1-4H3,(H,24,27). The van der Waals surface area contributed by atoms with Gasteiger partial charge in [-0.3, -0.25) is 9.48 Å². The first-order valence-corrected chi connectivity index (χ1v) is 9.47. The summed E-state index contributed by atoms with van der Waals surface area (Å²) in [4.78, 5) is 12.7. The van der Waals surface area contributed by atoms with Crippen LogP contribution < -0.4 is 5.32 Å². The number of carbonyl (C=O) groups excluding carboxylic acids is 1. The molecule has 0 fully saturated rings. The second-order valence-electron chi connectivity index (χ2n) is 7.43. The SMILES string of the molecule is CC(C)c1cccc(C(C)C)c1NC(=O)Cn1ccc(-c2ccccc2)n1. The average Bonchev–Trinajstić information content (AvgIpc) is 3.10. The van der Waals surface area contributed by atoms with E-state index < -0.39 is 0 Å². The van der Waals surface area contributed by atoms with Gasteiger partial charge in [0.05, 0.1) is 5.69 Å². The minimum absolute atomic E-state index is 0.0623. The van der Waals surface area contributed by atoms with Gasteiger partial charge in [0.2, 0.25) is 5.91 Å². The van der Waals surface area contributed by atoms with Gasteiger partial charge in [-0.2, -0.15) is 5.10 Å². The summed E-state index contributed by atoms with van der Waals surface area (Å²) in [5, 5.41) is 7.67. The molecule has 0 bridgehead atoms. The van der Waals surface area contributed by atoms with Crippen LogP contribution in [0.1, 0.15) is 50.7 Å². The molecular weight excluding hydrogens is 334 g/mol. The van der Waals surface area contributed by atoms with Crippen molar-refractivity contribution in [2.75, 3.05) is 5.32 Å². The zero-order chi connectivity index (χ0) is 19.4. The smallest absolute Gasteiger partial charge is 0.246 e. The predicted molar refractivity (Wildman–Crippen MR) is 111 cm³/mol. The van der Waals surface area contributed by atoms with E-state index in [-0.39, 0.29) is 12.5 Å². The van der Waals surface area contributed by atoms with E-state index in [9.17, 15) is 4.79 Å². The van der Waals surface area contributed by atoms with Gasteiger partial charge in [-0.25, -0.2) is 0 Å². The molecule has 4 heteroatoms. The van der Waals surface area contributed by atoms with E-state index in [4.69, 9.17) is 0 Å². The third-order valence-corrected chi connectivity index (χ3v) is 4.65. The van der Waals surface area contributed by atoms with Gasteiger partial charge in [0.1, 0.15) is 6.54 Å². The summed E-state index contributed by atoms with van der Waals surface area (Å²) < 4.78 is 1.69. The highest BCUT2D eigenvalue weighted by molar-refractivity contribution is 5.92. The Bertz CT molecular complexity index is 884. The van der Waals surface area contributed by atoms with Crippen molar-refractivity contribution in [3.8, 4) is 11.3 Å². The molecule has 0 unspecified atom stereocenters. The first-order valence-electron chi connectivity index (χ1n) is 9.47. The highest BCUT2D eigenvalue weighted by atomic mass is 16.2. The summed E-state index contributed by atoms with van der Waals surface area (Å²) in [6, 6.07) is 18.2. The lowest BCUT2D eigenvalue weighted by atomic mass is 9.92. The van der Waals surface area contributed by atoms with Gasteiger partial charge in [-0.1, -0.05) is 76.2 Å². The molecule has 0 radical (unpaired) electrons. The second-order valence-corrected chi connectivity index (χ2v) is 7.43. The number of rotatable bonds is 6. The summed E-state index contributed by atoms with van der Waals surface area (Å²) in [6.45, 7) is 8.78. The summed E-state index contributed by atoms with van der Waals surface area (Å²) in [6.07, 6.45) is 1.85. The number of hydrogen-bond donors (Lipinski definition) is 1. The van der Waals surface area contributed by atoms with Crippen LogP contribution in [0.15, 0.2) is 60.8 Å². The van der Waals surface area contributed by atoms with Crippen LogP contribution >= 0.6 is 0 Å². The van der Waals surface area contributed by atoms with Gasteiger partial charge >= 0.3 is 0 Å². The lowest BCUT2D eigenvalue weighted by Gasteiger charge is -2.20. The van der Waals surface area contributed by atoms with Gasteiger partial charge < -0.3 is 5.32 Å². The van der Waals surface area contributed by atoms with Gasteiger partial charge in [-0.15, -0.1) is 0 Å². The molecule has 0 saturated carbocycles. The van der Waals surface area contributed by atoms with E-state index in [1.807, 2.05) is 42.6 Å². The Labute approximate surface area is 161 Å². The highest BCUT2D eigenvalue weighted by Crippen LogP contribution is 2.32. The van der Waals surface area contributed by atoms with Crippen molar-refractivity contribution in [3.63, 3.8) is 0 Å². The quantitative estimate of drug-likeness (QED) is 0.636. The van der Waals surface area contributed by atoms with Crippen molar-refractivity contribution < 1.29 is 4.79 Å². The number of aromatic nitrogens is 2. The molecule has 4 nitrogen and oxygen atoms in total. The zero-order valence-electron chi connectivity index (χ0n) is 16.4. The fourth-order valence-electron chi connectivity index (χ4n) is 3.23. The Balaban J connectivity index is 1.78. The summed E-state index contributed by atoms with van der Waals surface area (Å²) in [5.74, 6) is 0.620. The topological polar surface area (TPSA) is 46.9 Å². The van der Waals surface area contributed by atoms with Gasteiger partial charge in [0.15, 0.2) is 0 Å². The van der Waals surface area contributed by atoms with Crippen molar-refractivity contribution >= 4 is 11.6 Å². The third-order valence-electron chi connectivity index (χ3n) is 4.65. The van der Waals surface area contributed by atoms with Crippen LogP contribution in [0.5, 0.6) is 0 Å². The molecule has 0 saturated heterocycles. The number of nitrogens with one attached hydrogen (secondary N) is 1. The van der Waals surface area contributed by atoms with Gasteiger partial charge in [0, 0.05) is 17.4 Å². The molecule has 140 valence electrons. The Morgan fingerprint density at radius 3 is 2.15 bits per heavy atom. The molecule has 3 aromatic rings. The van der Waals surface area contributed by atoms with E-state index in [0.717, 1.165) is 16.9 Å². The average molecular weight is 361 g/mol. The summed E-state index contributed by atoms with van der Waals surface area (Å²) in [7, 11) is 0. The number of anilines is 1. The van der Waals surface area contributed by atoms with E-state index in [2.05, 4.69) is 56.3 Å². The molecule has 0 atom stereocenters. The van der Waals surface area contributed by atoms with E-state index in [0.29, 0.717) is 11.8 Å². The van der Waals surface area contributed by atoms with Crippen molar-refractivity contribution in [2.45, 2.75) is 46.1 Å². The van der Waals surface area contributed by atoms with Crippen LogP contribution in [-0.2, 0) is 11.3 Å². The minimum Gasteiger partial charge on any atom is -0.324 e. The second kappa shape index (κ2) is 8.21. The molecular formula is C23H27N3O. The van der Waals surface area contributed by atoms with Crippen molar-refractivity contribution in [1.82, 2.24) is 9.78 Å². The number of carbonyl (C=O) groups is 1. The molecule has 27 heavy (non-hydrogen) atoms. The van der Waals surface area contributed by atoms with Crippen LogP contribution in [0, 0.1) is 0 Å².